The maximum absolute atomic E-state index is 9.39. The third-order valence-electron chi connectivity index (χ3n) is 2.94. The topological polar surface area (TPSA) is 36.3 Å². The number of rotatable bonds is 5. The molecule has 0 saturated heterocycles. The van der Waals surface area contributed by atoms with E-state index >= 15 is 0 Å². The van der Waals surface area contributed by atoms with Gasteiger partial charge >= 0.3 is 0 Å². The number of hydrogen-bond acceptors (Lipinski definition) is 3. The minimum Gasteiger partial charge on any atom is -0.300 e. The molecule has 0 aliphatic carbocycles. The molecule has 0 fully saturated rings. The standard InChI is InChI=1S/C16H16N2O/c1-19-18(13-14-8-4-2-5-9-14)16(12-17)15-10-6-3-7-11-15/h2-11,16H,13H2,1H3. The van der Waals surface area contributed by atoms with Gasteiger partial charge in [-0.1, -0.05) is 60.7 Å². The zero-order chi connectivity index (χ0) is 13.5. The second-order valence-electron chi connectivity index (χ2n) is 4.19. The lowest BCUT2D eigenvalue weighted by Crippen LogP contribution is -2.26. The summed E-state index contributed by atoms with van der Waals surface area (Å²) in [5.74, 6) is 0. The summed E-state index contributed by atoms with van der Waals surface area (Å²) >= 11 is 0. The van der Waals surface area contributed by atoms with E-state index in [4.69, 9.17) is 4.84 Å². The average Bonchev–Trinajstić information content (AvgIpc) is 2.49. The maximum Gasteiger partial charge on any atom is 0.147 e. The zero-order valence-electron chi connectivity index (χ0n) is 10.9. The first kappa shape index (κ1) is 13.3. The molecule has 0 heterocycles. The summed E-state index contributed by atoms with van der Waals surface area (Å²) < 4.78 is 0. The van der Waals surface area contributed by atoms with Crippen LogP contribution < -0.4 is 0 Å². The van der Waals surface area contributed by atoms with Crippen LogP contribution in [-0.4, -0.2) is 12.2 Å². The molecule has 3 heteroatoms. The number of benzene rings is 2. The minimum atomic E-state index is -0.411. The molecule has 2 aromatic rings. The van der Waals surface area contributed by atoms with Crippen LogP contribution in [0.2, 0.25) is 0 Å². The first-order valence-electron chi connectivity index (χ1n) is 6.14. The van der Waals surface area contributed by atoms with Gasteiger partial charge in [0.25, 0.3) is 0 Å². The van der Waals surface area contributed by atoms with E-state index in [1.54, 1.807) is 12.2 Å². The third kappa shape index (κ3) is 3.41. The highest BCUT2D eigenvalue weighted by atomic mass is 16.7. The second kappa shape index (κ2) is 6.69. The Morgan fingerprint density at radius 3 is 2.16 bits per heavy atom. The number of hydrogen-bond donors (Lipinski definition) is 0. The van der Waals surface area contributed by atoms with E-state index < -0.39 is 6.04 Å². The van der Waals surface area contributed by atoms with Gasteiger partial charge in [-0.05, 0) is 11.1 Å². The Bertz CT molecular complexity index is 534. The number of hydroxylamine groups is 2. The molecule has 2 aromatic carbocycles. The molecule has 0 aliphatic heterocycles. The van der Waals surface area contributed by atoms with Crippen molar-refractivity contribution in [2.24, 2.45) is 0 Å². The maximum atomic E-state index is 9.39. The van der Waals surface area contributed by atoms with Crippen molar-refractivity contribution in [2.75, 3.05) is 7.11 Å². The van der Waals surface area contributed by atoms with Crippen LogP contribution >= 0.6 is 0 Å². The van der Waals surface area contributed by atoms with Crippen molar-refractivity contribution in [2.45, 2.75) is 12.6 Å². The van der Waals surface area contributed by atoms with Crippen LogP contribution in [0, 0.1) is 11.3 Å². The van der Waals surface area contributed by atoms with Gasteiger partial charge in [-0.25, -0.2) is 0 Å². The lowest BCUT2D eigenvalue weighted by Gasteiger charge is -2.24. The Labute approximate surface area is 113 Å². The molecule has 0 amide bonds. The van der Waals surface area contributed by atoms with Gasteiger partial charge in [-0.15, -0.1) is 0 Å². The monoisotopic (exact) mass is 252 g/mol. The summed E-state index contributed by atoms with van der Waals surface area (Å²) in [5.41, 5.74) is 2.04. The molecule has 3 nitrogen and oxygen atoms in total. The van der Waals surface area contributed by atoms with Crippen molar-refractivity contribution in [3.8, 4) is 6.07 Å². The third-order valence-corrected chi connectivity index (χ3v) is 2.94. The quantitative estimate of drug-likeness (QED) is 0.766. The van der Waals surface area contributed by atoms with Gasteiger partial charge < -0.3 is 4.84 Å². The van der Waals surface area contributed by atoms with Gasteiger partial charge in [0.15, 0.2) is 0 Å². The molecule has 2 rings (SSSR count). The summed E-state index contributed by atoms with van der Waals surface area (Å²) in [6.07, 6.45) is 0. The number of nitrogens with zero attached hydrogens (tertiary/aromatic N) is 2. The van der Waals surface area contributed by atoms with E-state index in [1.165, 1.54) is 0 Å². The van der Waals surface area contributed by atoms with E-state index in [1.807, 2.05) is 60.7 Å². The highest BCUT2D eigenvalue weighted by Crippen LogP contribution is 2.21. The SMILES string of the molecule is CON(Cc1ccccc1)C(C#N)c1ccccc1. The minimum absolute atomic E-state index is 0.411. The Balaban J connectivity index is 2.18. The predicted molar refractivity (Wildman–Crippen MR) is 73.8 cm³/mol. The van der Waals surface area contributed by atoms with Crippen molar-refractivity contribution in [1.82, 2.24) is 5.06 Å². The summed E-state index contributed by atoms with van der Waals surface area (Å²) in [6.45, 7) is 0.574. The highest BCUT2D eigenvalue weighted by molar-refractivity contribution is 5.24. The molecule has 1 unspecified atom stereocenters. The van der Waals surface area contributed by atoms with Crippen LogP contribution in [0.1, 0.15) is 17.2 Å². The Morgan fingerprint density at radius 1 is 1.05 bits per heavy atom. The van der Waals surface area contributed by atoms with Gasteiger partial charge in [-0.2, -0.15) is 10.3 Å². The molecular weight excluding hydrogens is 236 g/mol. The van der Waals surface area contributed by atoms with Gasteiger partial charge in [0.05, 0.1) is 19.7 Å². The van der Waals surface area contributed by atoms with Crippen LogP contribution in [0.25, 0.3) is 0 Å². The van der Waals surface area contributed by atoms with E-state index in [-0.39, 0.29) is 0 Å². The Morgan fingerprint density at radius 2 is 1.63 bits per heavy atom. The van der Waals surface area contributed by atoms with E-state index in [9.17, 15) is 5.26 Å². The molecule has 19 heavy (non-hydrogen) atoms. The van der Waals surface area contributed by atoms with Crippen LogP contribution in [0.3, 0.4) is 0 Å². The van der Waals surface area contributed by atoms with Gasteiger partial charge in [-0.3, -0.25) is 0 Å². The van der Waals surface area contributed by atoms with Gasteiger partial charge in [0, 0.05) is 0 Å². The summed E-state index contributed by atoms with van der Waals surface area (Å²) in [5, 5.41) is 11.1. The first-order valence-corrected chi connectivity index (χ1v) is 6.14. The molecule has 0 aliphatic rings. The molecule has 0 spiro atoms. The molecular formula is C16H16N2O. The van der Waals surface area contributed by atoms with Crippen LogP contribution in [0.5, 0.6) is 0 Å². The van der Waals surface area contributed by atoms with Gasteiger partial charge in [0.2, 0.25) is 0 Å². The normalized spacial score (nSPS) is 12.1. The van der Waals surface area contributed by atoms with Crippen molar-refractivity contribution in [3.05, 3.63) is 71.8 Å². The van der Waals surface area contributed by atoms with Crippen molar-refractivity contribution in [1.29, 1.82) is 5.26 Å². The molecule has 0 bridgehead atoms. The molecule has 0 radical (unpaired) electrons. The van der Waals surface area contributed by atoms with Gasteiger partial charge in [0.1, 0.15) is 6.04 Å². The zero-order valence-corrected chi connectivity index (χ0v) is 10.9. The molecule has 0 N–H and O–H groups in total. The van der Waals surface area contributed by atoms with Crippen molar-refractivity contribution in [3.63, 3.8) is 0 Å². The fraction of sp³-hybridized carbons (Fsp3) is 0.188. The van der Waals surface area contributed by atoms with Crippen molar-refractivity contribution >= 4 is 0 Å². The predicted octanol–water partition coefficient (Wildman–Crippen LogP) is 3.31. The molecule has 1 atom stereocenters. The molecule has 0 saturated carbocycles. The lowest BCUT2D eigenvalue weighted by atomic mass is 10.1. The fourth-order valence-corrected chi connectivity index (χ4v) is 1.97. The number of nitriles is 1. The largest absolute Gasteiger partial charge is 0.300 e. The summed E-state index contributed by atoms with van der Waals surface area (Å²) in [6, 6.07) is 21.5. The first-order chi connectivity index (χ1) is 9.35. The van der Waals surface area contributed by atoms with E-state index in [0.29, 0.717) is 6.54 Å². The van der Waals surface area contributed by atoms with E-state index in [0.717, 1.165) is 11.1 Å². The summed E-state index contributed by atoms with van der Waals surface area (Å²) in [7, 11) is 1.59. The van der Waals surface area contributed by atoms with E-state index in [2.05, 4.69) is 6.07 Å². The van der Waals surface area contributed by atoms with Crippen LogP contribution in [0.15, 0.2) is 60.7 Å². The lowest BCUT2D eigenvalue weighted by molar-refractivity contribution is -0.158. The summed E-state index contributed by atoms with van der Waals surface area (Å²) in [4.78, 5) is 5.37. The van der Waals surface area contributed by atoms with Crippen molar-refractivity contribution < 1.29 is 4.84 Å². The molecule has 96 valence electrons. The fourth-order valence-electron chi connectivity index (χ4n) is 1.97. The van der Waals surface area contributed by atoms with Crippen LogP contribution in [0.4, 0.5) is 0 Å². The smallest absolute Gasteiger partial charge is 0.147 e. The average molecular weight is 252 g/mol. The second-order valence-corrected chi connectivity index (χ2v) is 4.19. The Hall–Kier alpha value is -2.15. The Kier molecular flexibility index (Phi) is 4.68. The highest BCUT2D eigenvalue weighted by Gasteiger charge is 2.20. The molecule has 0 aromatic heterocycles. The van der Waals surface area contributed by atoms with Crippen LogP contribution in [-0.2, 0) is 11.4 Å².